The third-order valence-electron chi connectivity index (χ3n) is 3.96. The van der Waals surface area contributed by atoms with Gasteiger partial charge in [0.1, 0.15) is 0 Å². The first kappa shape index (κ1) is 14.3. The van der Waals surface area contributed by atoms with Crippen molar-refractivity contribution in [1.82, 2.24) is 10.3 Å². The highest BCUT2D eigenvalue weighted by Crippen LogP contribution is 2.26. The molecule has 0 aliphatic carbocycles. The van der Waals surface area contributed by atoms with Gasteiger partial charge in [-0.25, -0.2) is 0 Å². The predicted octanol–water partition coefficient (Wildman–Crippen LogP) is 3.23. The van der Waals surface area contributed by atoms with Crippen LogP contribution in [0.2, 0.25) is 0 Å². The number of anilines is 1. The Morgan fingerprint density at radius 3 is 2.53 bits per heavy atom. The minimum Gasteiger partial charge on any atom is -0.370 e. The van der Waals surface area contributed by atoms with Crippen LogP contribution in [0.1, 0.15) is 45.9 Å². The lowest BCUT2D eigenvalue weighted by atomic mass is 9.91. The summed E-state index contributed by atoms with van der Waals surface area (Å²) in [5.74, 6) is 1.56. The summed E-state index contributed by atoms with van der Waals surface area (Å²) in [4.78, 5) is 7.10. The Morgan fingerprint density at radius 2 is 2.00 bits per heavy atom. The van der Waals surface area contributed by atoms with Gasteiger partial charge in [0.25, 0.3) is 0 Å². The summed E-state index contributed by atoms with van der Waals surface area (Å²) in [7, 11) is 0. The smallest absolute Gasteiger partial charge is 0.0572 e. The number of hydrogen-bond acceptors (Lipinski definition) is 3. The topological polar surface area (TPSA) is 28.2 Å². The number of hydrogen-bond donors (Lipinski definition) is 1. The molecule has 0 radical (unpaired) electrons. The molecule has 2 heterocycles. The van der Waals surface area contributed by atoms with Crippen LogP contribution in [-0.2, 0) is 0 Å². The van der Waals surface area contributed by atoms with E-state index >= 15 is 0 Å². The molecule has 106 valence electrons. The molecule has 0 amide bonds. The molecule has 1 aromatic heterocycles. The Kier molecular flexibility index (Phi) is 4.81. The normalized spacial score (nSPS) is 25.4. The lowest BCUT2D eigenvalue weighted by Crippen LogP contribution is -2.38. The van der Waals surface area contributed by atoms with E-state index in [1.54, 1.807) is 0 Å². The van der Waals surface area contributed by atoms with E-state index in [1.165, 1.54) is 12.1 Å². The molecule has 3 atom stereocenters. The van der Waals surface area contributed by atoms with Crippen LogP contribution >= 0.6 is 0 Å². The van der Waals surface area contributed by atoms with Crippen molar-refractivity contribution < 1.29 is 0 Å². The van der Waals surface area contributed by atoms with E-state index in [-0.39, 0.29) is 0 Å². The van der Waals surface area contributed by atoms with Crippen molar-refractivity contribution in [2.75, 3.05) is 24.5 Å². The molecule has 1 aliphatic heterocycles. The van der Waals surface area contributed by atoms with Crippen LogP contribution in [0.25, 0.3) is 0 Å². The largest absolute Gasteiger partial charge is 0.370 e. The fraction of sp³-hybridized carbons (Fsp3) is 0.688. The third-order valence-corrected chi connectivity index (χ3v) is 3.96. The van der Waals surface area contributed by atoms with Gasteiger partial charge in [0.15, 0.2) is 0 Å². The van der Waals surface area contributed by atoms with Crippen LogP contribution < -0.4 is 10.2 Å². The molecular weight excluding hydrogens is 234 g/mol. The quantitative estimate of drug-likeness (QED) is 0.902. The van der Waals surface area contributed by atoms with Gasteiger partial charge in [0, 0.05) is 19.1 Å². The average Bonchev–Trinajstić information content (AvgIpc) is 2.38. The zero-order valence-corrected chi connectivity index (χ0v) is 12.7. The highest BCUT2D eigenvalue weighted by Gasteiger charge is 2.22. The standard InChI is InChI=1S/C16H27N3/c1-5-17-14(4)16-7-6-15(9-18-16)19-10-12(2)8-13(3)11-19/h6-7,9,12-14,17H,5,8,10-11H2,1-4H3. The van der Waals surface area contributed by atoms with E-state index in [4.69, 9.17) is 0 Å². The van der Waals surface area contributed by atoms with Gasteiger partial charge in [0.2, 0.25) is 0 Å². The number of piperidine rings is 1. The van der Waals surface area contributed by atoms with Crippen LogP contribution in [-0.4, -0.2) is 24.6 Å². The lowest BCUT2D eigenvalue weighted by molar-refractivity contribution is 0.356. The van der Waals surface area contributed by atoms with Crippen LogP contribution in [0, 0.1) is 11.8 Å². The fourth-order valence-corrected chi connectivity index (χ4v) is 3.13. The number of pyridine rings is 1. The number of nitrogens with one attached hydrogen (secondary N) is 1. The molecule has 3 nitrogen and oxygen atoms in total. The molecule has 1 fully saturated rings. The van der Waals surface area contributed by atoms with Crippen molar-refractivity contribution in [2.24, 2.45) is 11.8 Å². The molecule has 0 spiro atoms. The van der Waals surface area contributed by atoms with Gasteiger partial charge in [0.05, 0.1) is 17.6 Å². The predicted molar refractivity (Wildman–Crippen MR) is 81.5 cm³/mol. The van der Waals surface area contributed by atoms with E-state index in [2.05, 4.69) is 55.0 Å². The van der Waals surface area contributed by atoms with Crippen molar-refractivity contribution >= 4 is 5.69 Å². The summed E-state index contributed by atoms with van der Waals surface area (Å²) < 4.78 is 0. The highest BCUT2D eigenvalue weighted by molar-refractivity contribution is 5.45. The Hall–Kier alpha value is -1.09. The van der Waals surface area contributed by atoms with Crippen LogP contribution in [0.3, 0.4) is 0 Å². The van der Waals surface area contributed by atoms with Crippen LogP contribution in [0.5, 0.6) is 0 Å². The van der Waals surface area contributed by atoms with Crippen molar-refractivity contribution in [3.05, 3.63) is 24.0 Å². The zero-order valence-electron chi connectivity index (χ0n) is 12.7. The monoisotopic (exact) mass is 261 g/mol. The first-order valence-corrected chi connectivity index (χ1v) is 7.54. The molecule has 1 aromatic rings. The molecule has 3 unspecified atom stereocenters. The average molecular weight is 261 g/mol. The molecule has 19 heavy (non-hydrogen) atoms. The van der Waals surface area contributed by atoms with E-state index in [1.807, 2.05) is 6.20 Å². The van der Waals surface area contributed by atoms with Gasteiger partial charge in [-0.2, -0.15) is 0 Å². The van der Waals surface area contributed by atoms with Gasteiger partial charge in [-0.3, -0.25) is 4.98 Å². The summed E-state index contributed by atoms with van der Waals surface area (Å²) in [6.45, 7) is 12.3. The maximum atomic E-state index is 4.62. The van der Waals surface area contributed by atoms with Crippen LogP contribution in [0.4, 0.5) is 5.69 Å². The second-order valence-electron chi connectivity index (χ2n) is 6.07. The van der Waals surface area contributed by atoms with Crippen molar-refractivity contribution in [3.8, 4) is 0 Å². The summed E-state index contributed by atoms with van der Waals surface area (Å²) in [6.07, 6.45) is 3.38. The fourth-order valence-electron chi connectivity index (χ4n) is 3.13. The summed E-state index contributed by atoms with van der Waals surface area (Å²) >= 11 is 0. The summed E-state index contributed by atoms with van der Waals surface area (Å²) in [5.41, 5.74) is 2.40. The van der Waals surface area contributed by atoms with Crippen molar-refractivity contribution in [3.63, 3.8) is 0 Å². The Labute approximate surface area is 117 Å². The highest BCUT2D eigenvalue weighted by atomic mass is 15.1. The third kappa shape index (κ3) is 3.69. The van der Waals surface area contributed by atoms with E-state index in [0.717, 1.165) is 37.2 Å². The first-order valence-electron chi connectivity index (χ1n) is 7.54. The number of rotatable bonds is 4. The molecule has 0 bridgehead atoms. The molecule has 1 saturated heterocycles. The maximum absolute atomic E-state index is 4.62. The molecule has 3 heteroatoms. The maximum Gasteiger partial charge on any atom is 0.0572 e. The van der Waals surface area contributed by atoms with Crippen LogP contribution in [0.15, 0.2) is 18.3 Å². The van der Waals surface area contributed by atoms with Crippen molar-refractivity contribution in [1.29, 1.82) is 0 Å². The summed E-state index contributed by atoms with van der Waals surface area (Å²) in [6, 6.07) is 4.71. The van der Waals surface area contributed by atoms with Gasteiger partial charge in [-0.15, -0.1) is 0 Å². The van der Waals surface area contributed by atoms with E-state index < -0.39 is 0 Å². The van der Waals surface area contributed by atoms with E-state index in [0.29, 0.717) is 6.04 Å². The van der Waals surface area contributed by atoms with Gasteiger partial charge < -0.3 is 10.2 Å². The Balaban J connectivity index is 2.05. The Bertz CT molecular complexity index is 377. The number of aromatic nitrogens is 1. The summed E-state index contributed by atoms with van der Waals surface area (Å²) in [5, 5.41) is 3.40. The zero-order chi connectivity index (χ0) is 13.8. The number of nitrogens with zero attached hydrogens (tertiary/aromatic N) is 2. The SMILES string of the molecule is CCNC(C)c1ccc(N2CC(C)CC(C)C2)cn1. The van der Waals surface area contributed by atoms with Gasteiger partial charge in [-0.05, 0) is 43.9 Å². The minimum atomic E-state index is 0.332. The van der Waals surface area contributed by atoms with E-state index in [9.17, 15) is 0 Å². The second-order valence-corrected chi connectivity index (χ2v) is 6.07. The minimum absolute atomic E-state index is 0.332. The van der Waals surface area contributed by atoms with Crippen molar-refractivity contribution in [2.45, 2.75) is 40.2 Å². The lowest BCUT2D eigenvalue weighted by Gasteiger charge is -2.36. The second kappa shape index (κ2) is 6.38. The molecule has 0 saturated carbocycles. The molecule has 1 N–H and O–H groups in total. The molecule has 0 aromatic carbocycles. The molecule has 2 rings (SSSR count). The Morgan fingerprint density at radius 1 is 1.32 bits per heavy atom. The first-order chi connectivity index (χ1) is 9.10. The molecular formula is C16H27N3. The molecule has 1 aliphatic rings. The van der Waals surface area contributed by atoms with Gasteiger partial charge >= 0.3 is 0 Å². The van der Waals surface area contributed by atoms with Gasteiger partial charge in [-0.1, -0.05) is 20.8 Å².